The fourth-order valence-electron chi connectivity index (χ4n) is 1.61. The molecule has 2 nitrogen and oxygen atoms in total. The third-order valence-electron chi connectivity index (χ3n) is 2.56. The molecule has 0 atom stereocenters. The number of nitrogens with zero attached hydrogens (tertiary/aromatic N) is 2. The van der Waals surface area contributed by atoms with Gasteiger partial charge in [-0.15, -0.1) is 12.4 Å². The van der Waals surface area contributed by atoms with Crippen LogP contribution in [-0.4, -0.2) is 29.6 Å². The predicted molar refractivity (Wildman–Crippen MR) is 64.5 cm³/mol. The second kappa shape index (κ2) is 7.98. The fourth-order valence-corrected chi connectivity index (χ4v) is 1.61. The highest BCUT2D eigenvalue weighted by Gasteiger charge is 2.08. The van der Waals surface area contributed by atoms with E-state index in [1.54, 1.807) is 0 Å². The summed E-state index contributed by atoms with van der Waals surface area (Å²) in [4.78, 5) is 4.74. The first-order valence-corrected chi connectivity index (χ1v) is 5.53. The molecule has 0 saturated heterocycles. The smallest absolute Gasteiger partial charge is 0.0893 e. The van der Waals surface area contributed by atoms with Crippen molar-refractivity contribution in [3.8, 4) is 0 Å². The number of hydrogen-bond acceptors (Lipinski definition) is 2. The highest BCUT2D eigenvalue weighted by Crippen LogP contribution is 2.08. The minimum Gasteiger partial charge on any atom is -0.359 e. The molecule has 14 heavy (non-hydrogen) atoms. The minimum atomic E-state index is 0. The lowest BCUT2D eigenvalue weighted by molar-refractivity contribution is 0.269. The van der Waals surface area contributed by atoms with E-state index in [9.17, 15) is 0 Å². The van der Waals surface area contributed by atoms with Gasteiger partial charge in [-0.2, -0.15) is 0 Å². The van der Waals surface area contributed by atoms with Crippen molar-refractivity contribution in [1.82, 2.24) is 9.80 Å². The van der Waals surface area contributed by atoms with Crippen LogP contribution < -0.4 is 0 Å². The molecule has 0 aromatic carbocycles. The van der Waals surface area contributed by atoms with Gasteiger partial charge in [0.25, 0.3) is 0 Å². The Morgan fingerprint density at radius 2 is 1.71 bits per heavy atom. The van der Waals surface area contributed by atoms with E-state index >= 15 is 0 Å². The molecule has 1 aliphatic heterocycles. The van der Waals surface area contributed by atoms with Crippen molar-refractivity contribution in [1.29, 1.82) is 0 Å². The maximum absolute atomic E-state index is 2.40. The van der Waals surface area contributed by atoms with Crippen molar-refractivity contribution >= 4 is 12.4 Å². The lowest BCUT2D eigenvalue weighted by atomic mass is 10.2. The molecule has 0 unspecified atom stereocenters. The number of hydrogen-bond donors (Lipinski definition) is 0. The summed E-state index contributed by atoms with van der Waals surface area (Å²) in [6.45, 7) is 7.91. The van der Waals surface area contributed by atoms with E-state index < -0.39 is 0 Å². The lowest BCUT2D eigenvalue weighted by Crippen LogP contribution is -2.25. The molecule has 1 aliphatic rings. The molecule has 0 N–H and O–H groups in total. The van der Waals surface area contributed by atoms with Gasteiger partial charge in [0.15, 0.2) is 0 Å². The van der Waals surface area contributed by atoms with Gasteiger partial charge in [-0.3, -0.25) is 0 Å². The third kappa shape index (κ3) is 4.75. The molecule has 3 heteroatoms. The first-order chi connectivity index (χ1) is 6.36. The van der Waals surface area contributed by atoms with Crippen molar-refractivity contribution < 1.29 is 0 Å². The van der Waals surface area contributed by atoms with Crippen molar-refractivity contribution in [3.05, 3.63) is 12.4 Å². The Labute approximate surface area is 94.4 Å². The van der Waals surface area contributed by atoms with Gasteiger partial charge in [-0.25, -0.2) is 0 Å². The average molecular weight is 219 g/mol. The molecule has 0 aliphatic carbocycles. The molecule has 0 amide bonds. The van der Waals surface area contributed by atoms with Crippen LogP contribution >= 0.6 is 12.4 Å². The van der Waals surface area contributed by atoms with Gasteiger partial charge in [0, 0.05) is 25.5 Å². The first-order valence-electron chi connectivity index (χ1n) is 5.53. The molecule has 0 bridgehead atoms. The zero-order valence-electron chi connectivity index (χ0n) is 9.41. The Bertz CT molecular complexity index is 159. The molecule has 84 valence electrons. The van der Waals surface area contributed by atoms with Gasteiger partial charge in [0.05, 0.1) is 6.67 Å². The third-order valence-corrected chi connectivity index (χ3v) is 2.56. The Hall–Kier alpha value is -0.370. The molecule has 0 aromatic heterocycles. The SMILES string of the molecule is CCCCCCN1C=CN(CC)C1.Cl. The van der Waals surface area contributed by atoms with Crippen molar-refractivity contribution in [2.45, 2.75) is 39.5 Å². The predicted octanol–water partition coefficient (Wildman–Crippen LogP) is 3.05. The van der Waals surface area contributed by atoms with E-state index in [2.05, 4.69) is 36.0 Å². The Balaban J connectivity index is 0.00000169. The van der Waals surface area contributed by atoms with Crippen molar-refractivity contribution in [3.63, 3.8) is 0 Å². The van der Waals surface area contributed by atoms with Gasteiger partial charge < -0.3 is 9.80 Å². The maximum Gasteiger partial charge on any atom is 0.0893 e. The van der Waals surface area contributed by atoms with Gasteiger partial charge >= 0.3 is 0 Å². The quantitative estimate of drug-likeness (QED) is 0.633. The minimum absolute atomic E-state index is 0. The van der Waals surface area contributed by atoms with Crippen LogP contribution in [0.15, 0.2) is 12.4 Å². The van der Waals surface area contributed by atoms with Gasteiger partial charge in [0.1, 0.15) is 0 Å². The summed E-state index contributed by atoms with van der Waals surface area (Å²) in [6, 6.07) is 0. The summed E-state index contributed by atoms with van der Waals surface area (Å²) < 4.78 is 0. The summed E-state index contributed by atoms with van der Waals surface area (Å²) in [6.07, 6.45) is 9.85. The maximum atomic E-state index is 2.40. The van der Waals surface area contributed by atoms with Gasteiger partial charge in [-0.1, -0.05) is 26.2 Å². The van der Waals surface area contributed by atoms with E-state index in [0.717, 1.165) is 13.2 Å². The topological polar surface area (TPSA) is 6.48 Å². The Kier molecular flexibility index (Phi) is 7.77. The number of rotatable bonds is 6. The highest BCUT2D eigenvalue weighted by molar-refractivity contribution is 5.85. The molecule has 1 rings (SSSR count). The number of unbranched alkanes of at least 4 members (excludes halogenated alkanes) is 3. The Morgan fingerprint density at radius 1 is 1.00 bits per heavy atom. The molecule has 1 heterocycles. The second-order valence-corrected chi connectivity index (χ2v) is 3.72. The molecule has 0 fully saturated rings. The molecular weight excluding hydrogens is 196 g/mol. The number of halogens is 1. The standard InChI is InChI=1S/C11H22N2.ClH/c1-3-5-6-7-8-13-10-9-12(4-2)11-13;/h9-10H,3-8,11H2,1-2H3;1H. The molecule has 0 saturated carbocycles. The zero-order valence-corrected chi connectivity index (χ0v) is 10.2. The summed E-state index contributed by atoms with van der Waals surface area (Å²) in [5.41, 5.74) is 0. The normalized spacial score (nSPS) is 14.7. The summed E-state index contributed by atoms with van der Waals surface area (Å²) in [5.74, 6) is 0. The van der Waals surface area contributed by atoms with Crippen LogP contribution in [-0.2, 0) is 0 Å². The van der Waals surface area contributed by atoms with Crippen LogP contribution in [0.4, 0.5) is 0 Å². The van der Waals surface area contributed by atoms with Gasteiger partial charge in [0.2, 0.25) is 0 Å². The van der Waals surface area contributed by atoms with Crippen LogP contribution in [0.5, 0.6) is 0 Å². The van der Waals surface area contributed by atoms with Crippen LogP contribution in [0.25, 0.3) is 0 Å². The van der Waals surface area contributed by atoms with Crippen molar-refractivity contribution in [2.75, 3.05) is 19.8 Å². The van der Waals surface area contributed by atoms with Crippen LogP contribution in [0.1, 0.15) is 39.5 Å². The summed E-state index contributed by atoms with van der Waals surface area (Å²) in [7, 11) is 0. The van der Waals surface area contributed by atoms with Crippen LogP contribution in [0.3, 0.4) is 0 Å². The Morgan fingerprint density at radius 3 is 2.29 bits per heavy atom. The summed E-state index contributed by atoms with van der Waals surface area (Å²) >= 11 is 0. The van der Waals surface area contributed by atoms with E-state index in [-0.39, 0.29) is 12.4 Å². The average Bonchev–Trinajstić information content (AvgIpc) is 2.60. The monoisotopic (exact) mass is 218 g/mol. The van der Waals surface area contributed by atoms with Crippen molar-refractivity contribution in [2.24, 2.45) is 0 Å². The van der Waals surface area contributed by atoms with Crippen LogP contribution in [0.2, 0.25) is 0 Å². The van der Waals surface area contributed by atoms with E-state index in [1.807, 2.05) is 0 Å². The largest absolute Gasteiger partial charge is 0.359 e. The highest BCUT2D eigenvalue weighted by atomic mass is 35.5. The zero-order chi connectivity index (χ0) is 9.52. The summed E-state index contributed by atoms with van der Waals surface area (Å²) in [5, 5.41) is 0. The fraction of sp³-hybridized carbons (Fsp3) is 0.818. The van der Waals surface area contributed by atoms with E-state index in [0.29, 0.717) is 0 Å². The molecule has 0 radical (unpaired) electrons. The first kappa shape index (κ1) is 13.6. The van der Waals surface area contributed by atoms with E-state index in [4.69, 9.17) is 0 Å². The molecular formula is C11H23ClN2. The second-order valence-electron chi connectivity index (χ2n) is 3.72. The van der Waals surface area contributed by atoms with E-state index in [1.165, 1.54) is 32.2 Å². The lowest BCUT2D eigenvalue weighted by Gasteiger charge is -2.19. The van der Waals surface area contributed by atoms with Gasteiger partial charge in [-0.05, 0) is 13.3 Å². The molecule has 0 aromatic rings. The molecule has 0 spiro atoms. The van der Waals surface area contributed by atoms with Crippen LogP contribution in [0, 0.1) is 0 Å².